The van der Waals surface area contributed by atoms with Gasteiger partial charge in [-0.2, -0.15) is 0 Å². The maximum absolute atomic E-state index is 4.42. The summed E-state index contributed by atoms with van der Waals surface area (Å²) < 4.78 is 0. The smallest absolute Gasteiger partial charge is 0.157 e. The molecule has 0 saturated heterocycles. The van der Waals surface area contributed by atoms with E-state index < -0.39 is 0 Å². The molecule has 3 heteroatoms. The molecule has 2 aromatic rings. The van der Waals surface area contributed by atoms with Gasteiger partial charge in [-0.3, -0.25) is 0 Å². The van der Waals surface area contributed by atoms with Gasteiger partial charge in [0.25, 0.3) is 0 Å². The lowest BCUT2D eigenvalue weighted by Gasteiger charge is -1.94. The number of aromatic nitrogens is 3. The van der Waals surface area contributed by atoms with Gasteiger partial charge in [0.15, 0.2) is 5.65 Å². The summed E-state index contributed by atoms with van der Waals surface area (Å²) >= 11 is 0. The van der Waals surface area contributed by atoms with Crippen LogP contribution in [-0.4, -0.2) is 15.0 Å². The molecule has 2 heterocycles. The van der Waals surface area contributed by atoms with Crippen LogP contribution in [0.5, 0.6) is 0 Å². The highest BCUT2D eigenvalue weighted by atomic mass is 15.0. The second kappa shape index (κ2) is 2.83. The van der Waals surface area contributed by atoms with Crippen molar-refractivity contribution in [3.63, 3.8) is 0 Å². The number of nitrogens with one attached hydrogen (secondary N) is 1. The molecule has 0 aliphatic rings. The van der Waals surface area contributed by atoms with Crippen LogP contribution in [0.1, 0.15) is 24.0 Å². The molecule has 0 aliphatic heterocycles. The minimum atomic E-state index is 0.880. The van der Waals surface area contributed by atoms with Crippen molar-refractivity contribution in [3.05, 3.63) is 23.1 Å². The van der Waals surface area contributed by atoms with Crippen molar-refractivity contribution >= 4 is 11.2 Å². The second-order valence-corrected chi connectivity index (χ2v) is 3.18. The van der Waals surface area contributed by atoms with Crippen LogP contribution in [0.15, 0.2) is 0 Å². The van der Waals surface area contributed by atoms with Gasteiger partial charge in [-0.25, -0.2) is 9.97 Å². The van der Waals surface area contributed by atoms with Crippen molar-refractivity contribution in [2.75, 3.05) is 0 Å². The molecule has 67 valence electrons. The highest BCUT2D eigenvalue weighted by Gasteiger charge is 2.05. The van der Waals surface area contributed by atoms with Crippen LogP contribution in [-0.2, 0) is 6.42 Å². The monoisotopic (exact) mass is 174 g/mol. The second-order valence-electron chi connectivity index (χ2n) is 3.18. The molecule has 0 saturated carbocycles. The molecule has 1 radical (unpaired) electrons. The standard InChI is InChI=1S/C10H12N3/c1-4-8-12-9-6(2)5-7(3)11-10(9)13-8/h4H2,1-3H3,(H,11,12,13). The van der Waals surface area contributed by atoms with Crippen LogP contribution >= 0.6 is 0 Å². The molecule has 2 rings (SSSR count). The first-order chi connectivity index (χ1) is 6.20. The highest BCUT2D eigenvalue weighted by Crippen LogP contribution is 2.14. The summed E-state index contributed by atoms with van der Waals surface area (Å²) in [5.74, 6) is 0.990. The van der Waals surface area contributed by atoms with Crippen molar-refractivity contribution in [1.29, 1.82) is 0 Å². The number of hydrogen-bond acceptors (Lipinski definition) is 2. The summed E-state index contributed by atoms with van der Waals surface area (Å²) in [5.41, 5.74) is 3.81. The Morgan fingerprint density at radius 1 is 1.31 bits per heavy atom. The van der Waals surface area contributed by atoms with Crippen molar-refractivity contribution in [1.82, 2.24) is 15.0 Å². The number of hydrogen-bond donors (Lipinski definition) is 1. The predicted octanol–water partition coefficient (Wildman–Crippen LogP) is 1.94. The van der Waals surface area contributed by atoms with Crippen molar-refractivity contribution in [2.24, 2.45) is 0 Å². The lowest BCUT2D eigenvalue weighted by atomic mass is 10.2. The average Bonchev–Trinajstić information content (AvgIpc) is 2.47. The minimum absolute atomic E-state index is 0.880. The Hall–Kier alpha value is -1.38. The van der Waals surface area contributed by atoms with Crippen LogP contribution in [0.3, 0.4) is 0 Å². The number of fused-ring (bicyclic) bond motifs is 1. The predicted molar refractivity (Wildman–Crippen MR) is 51.6 cm³/mol. The zero-order valence-electron chi connectivity index (χ0n) is 8.10. The Morgan fingerprint density at radius 3 is 2.77 bits per heavy atom. The van der Waals surface area contributed by atoms with E-state index in [-0.39, 0.29) is 0 Å². The molecule has 3 nitrogen and oxygen atoms in total. The van der Waals surface area contributed by atoms with E-state index in [0.717, 1.165) is 34.7 Å². The van der Waals surface area contributed by atoms with Crippen molar-refractivity contribution in [3.8, 4) is 0 Å². The number of aromatic amines is 1. The zero-order chi connectivity index (χ0) is 9.42. The van der Waals surface area contributed by atoms with E-state index in [9.17, 15) is 0 Å². The van der Waals surface area contributed by atoms with Crippen LogP contribution < -0.4 is 0 Å². The van der Waals surface area contributed by atoms with E-state index in [1.165, 1.54) is 0 Å². The third-order valence-corrected chi connectivity index (χ3v) is 2.07. The number of aryl methyl sites for hydroxylation is 3. The number of pyridine rings is 1. The van der Waals surface area contributed by atoms with E-state index in [1.807, 2.05) is 13.8 Å². The maximum atomic E-state index is 4.42. The Balaban J connectivity index is 2.75. The third-order valence-electron chi connectivity index (χ3n) is 2.07. The molecule has 13 heavy (non-hydrogen) atoms. The van der Waals surface area contributed by atoms with Gasteiger partial charge in [0.05, 0.1) is 0 Å². The fourth-order valence-electron chi connectivity index (χ4n) is 1.45. The Morgan fingerprint density at radius 2 is 2.08 bits per heavy atom. The molecule has 0 aromatic carbocycles. The minimum Gasteiger partial charge on any atom is -0.327 e. The molecule has 1 N–H and O–H groups in total. The Kier molecular flexibility index (Phi) is 1.79. The van der Waals surface area contributed by atoms with E-state index in [2.05, 4.69) is 27.9 Å². The van der Waals surface area contributed by atoms with E-state index in [4.69, 9.17) is 0 Å². The van der Waals surface area contributed by atoms with Gasteiger partial charge >= 0.3 is 0 Å². The summed E-state index contributed by atoms with van der Waals surface area (Å²) in [7, 11) is 0. The Labute approximate surface area is 77.2 Å². The molecule has 0 fully saturated rings. The molecular weight excluding hydrogens is 162 g/mol. The van der Waals surface area contributed by atoms with Crippen LogP contribution in [0.4, 0.5) is 0 Å². The first kappa shape index (κ1) is 8.23. The quantitative estimate of drug-likeness (QED) is 0.717. The third kappa shape index (κ3) is 1.30. The topological polar surface area (TPSA) is 41.6 Å². The number of H-pyrrole nitrogens is 1. The summed E-state index contributed by atoms with van der Waals surface area (Å²) in [6, 6.07) is 3.16. The Bertz CT molecular complexity index is 443. The van der Waals surface area contributed by atoms with Crippen LogP contribution in [0.2, 0.25) is 0 Å². The van der Waals surface area contributed by atoms with Gasteiger partial charge in [-0.05, 0) is 19.4 Å². The van der Waals surface area contributed by atoms with E-state index in [0.29, 0.717) is 0 Å². The molecule has 0 amide bonds. The van der Waals surface area contributed by atoms with Gasteiger partial charge in [0, 0.05) is 18.2 Å². The molecule has 0 unspecified atom stereocenters. The molecular formula is C10H12N3. The van der Waals surface area contributed by atoms with Gasteiger partial charge in [0.1, 0.15) is 11.3 Å². The van der Waals surface area contributed by atoms with Gasteiger partial charge in [-0.1, -0.05) is 6.92 Å². The lowest BCUT2D eigenvalue weighted by Crippen LogP contribution is -1.86. The fraction of sp³-hybridized carbons (Fsp3) is 0.400. The van der Waals surface area contributed by atoms with Crippen molar-refractivity contribution < 1.29 is 0 Å². The number of nitrogens with zero attached hydrogens (tertiary/aromatic N) is 2. The molecule has 0 aliphatic carbocycles. The van der Waals surface area contributed by atoms with Gasteiger partial charge in [-0.15, -0.1) is 0 Å². The molecule has 0 bridgehead atoms. The van der Waals surface area contributed by atoms with E-state index in [1.54, 1.807) is 0 Å². The molecule has 2 aromatic heterocycles. The number of rotatable bonds is 1. The van der Waals surface area contributed by atoms with Crippen LogP contribution in [0.25, 0.3) is 11.2 Å². The van der Waals surface area contributed by atoms with Gasteiger partial charge < -0.3 is 4.98 Å². The van der Waals surface area contributed by atoms with E-state index >= 15 is 0 Å². The maximum Gasteiger partial charge on any atom is 0.157 e. The first-order valence-electron chi connectivity index (χ1n) is 4.46. The first-order valence-corrected chi connectivity index (χ1v) is 4.46. The SMILES string of the molecule is CCc1nc2c(C)[c]c(C)nc2[nH]1. The fourth-order valence-corrected chi connectivity index (χ4v) is 1.45. The molecule has 0 atom stereocenters. The largest absolute Gasteiger partial charge is 0.327 e. The summed E-state index contributed by atoms with van der Waals surface area (Å²) in [5, 5.41) is 0. The summed E-state index contributed by atoms with van der Waals surface area (Å²) in [4.78, 5) is 11.9. The van der Waals surface area contributed by atoms with Gasteiger partial charge in [0.2, 0.25) is 0 Å². The average molecular weight is 174 g/mol. The van der Waals surface area contributed by atoms with Crippen molar-refractivity contribution in [2.45, 2.75) is 27.2 Å². The normalized spacial score (nSPS) is 11.0. The van der Waals surface area contributed by atoms with Crippen LogP contribution in [0, 0.1) is 19.9 Å². The zero-order valence-corrected chi connectivity index (χ0v) is 8.10. The lowest BCUT2D eigenvalue weighted by molar-refractivity contribution is 0.996. The number of imidazole rings is 1. The highest BCUT2D eigenvalue weighted by molar-refractivity contribution is 5.74. The summed E-state index contributed by atoms with van der Waals surface area (Å²) in [6.45, 7) is 6.03. The molecule has 0 spiro atoms. The summed E-state index contributed by atoms with van der Waals surface area (Å²) in [6.07, 6.45) is 0.912.